The second-order valence-electron chi connectivity index (χ2n) is 5.99. The van der Waals surface area contributed by atoms with Gasteiger partial charge in [-0.25, -0.2) is 9.97 Å². The standard InChI is InChI=1S/C18H15F3N4/c19-18(20,21)12-7-5-11(6-8-12)16-24-15-4-2-1-3-14(15)17(25-16)23-13-9-22-10-13/h1-8,13,22H,9-10H2,(H,23,24,25). The van der Waals surface area contributed by atoms with E-state index in [1.807, 2.05) is 24.3 Å². The number of aromatic nitrogens is 2. The summed E-state index contributed by atoms with van der Waals surface area (Å²) in [6.45, 7) is 1.71. The number of hydrogen-bond donors (Lipinski definition) is 2. The van der Waals surface area contributed by atoms with E-state index >= 15 is 0 Å². The topological polar surface area (TPSA) is 49.8 Å². The molecule has 1 aliphatic rings. The zero-order valence-electron chi connectivity index (χ0n) is 13.1. The van der Waals surface area contributed by atoms with Crippen molar-refractivity contribution in [3.63, 3.8) is 0 Å². The Balaban J connectivity index is 1.76. The molecule has 25 heavy (non-hydrogen) atoms. The Labute approximate surface area is 142 Å². The van der Waals surface area contributed by atoms with E-state index in [1.54, 1.807) is 0 Å². The Morgan fingerprint density at radius 2 is 1.68 bits per heavy atom. The predicted octanol–water partition coefficient (Wildman–Crippen LogP) is 3.70. The van der Waals surface area contributed by atoms with Gasteiger partial charge in [-0.1, -0.05) is 24.3 Å². The Bertz CT molecular complexity index is 902. The van der Waals surface area contributed by atoms with Crippen LogP contribution >= 0.6 is 0 Å². The first-order valence-corrected chi connectivity index (χ1v) is 7.92. The monoisotopic (exact) mass is 344 g/mol. The lowest BCUT2D eigenvalue weighted by atomic mass is 10.1. The van der Waals surface area contributed by atoms with Gasteiger partial charge in [0.15, 0.2) is 5.82 Å². The first-order valence-electron chi connectivity index (χ1n) is 7.92. The number of hydrogen-bond acceptors (Lipinski definition) is 4. The predicted molar refractivity (Wildman–Crippen MR) is 90.3 cm³/mol. The molecule has 128 valence electrons. The Kier molecular flexibility index (Phi) is 3.80. The summed E-state index contributed by atoms with van der Waals surface area (Å²) in [6, 6.07) is 12.8. The van der Waals surface area contributed by atoms with E-state index in [0.29, 0.717) is 23.2 Å². The fraction of sp³-hybridized carbons (Fsp3) is 0.222. The van der Waals surface area contributed by atoms with Gasteiger partial charge < -0.3 is 10.6 Å². The average molecular weight is 344 g/mol. The summed E-state index contributed by atoms with van der Waals surface area (Å²) in [5, 5.41) is 7.45. The van der Waals surface area contributed by atoms with E-state index in [9.17, 15) is 13.2 Å². The molecule has 3 aromatic rings. The molecule has 1 aromatic heterocycles. The molecule has 7 heteroatoms. The minimum atomic E-state index is -4.35. The molecular weight excluding hydrogens is 329 g/mol. The number of anilines is 1. The van der Waals surface area contributed by atoms with Gasteiger partial charge in [-0.05, 0) is 24.3 Å². The van der Waals surface area contributed by atoms with Crippen molar-refractivity contribution in [1.29, 1.82) is 0 Å². The fourth-order valence-corrected chi connectivity index (χ4v) is 2.71. The molecule has 2 N–H and O–H groups in total. The van der Waals surface area contributed by atoms with Crippen LogP contribution in [0.15, 0.2) is 48.5 Å². The smallest absolute Gasteiger partial charge is 0.364 e. The van der Waals surface area contributed by atoms with Crippen molar-refractivity contribution in [2.45, 2.75) is 12.2 Å². The van der Waals surface area contributed by atoms with Crippen molar-refractivity contribution < 1.29 is 13.2 Å². The molecule has 2 heterocycles. The molecule has 0 saturated carbocycles. The van der Waals surface area contributed by atoms with Crippen LogP contribution in [0.1, 0.15) is 5.56 Å². The molecule has 4 rings (SSSR count). The van der Waals surface area contributed by atoms with Crippen LogP contribution in [0, 0.1) is 0 Å². The molecule has 2 aromatic carbocycles. The molecule has 0 amide bonds. The van der Waals surface area contributed by atoms with Crippen LogP contribution in [0.3, 0.4) is 0 Å². The van der Waals surface area contributed by atoms with E-state index in [2.05, 4.69) is 20.6 Å². The molecule has 0 unspecified atom stereocenters. The lowest BCUT2D eigenvalue weighted by molar-refractivity contribution is -0.137. The van der Waals surface area contributed by atoms with E-state index in [4.69, 9.17) is 0 Å². The zero-order valence-corrected chi connectivity index (χ0v) is 13.1. The molecule has 0 atom stereocenters. The number of alkyl halides is 3. The quantitative estimate of drug-likeness (QED) is 0.761. The van der Waals surface area contributed by atoms with Gasteiger partial charge in [-0.3, -0.25) is 0 Å². The summed E-state index contributed by atoms with van der Waals surface area (Å²) in [7, 11) is 0. The van der Waals surface area contributed by atoms with Crippen LogP contribution in [-0.2, 0) is 6.18 Å². The summed E-state index contributed by atoms with van der Waals surface area (Å²) >= 11 is 0. The molecule has 4 nitrogen and oxygen atoms in total. The Morgan fingerprint density at radius 1 is 0.960 bits per heavy atom. The van der Waals surface area contributed by atoms with Crippen LogP contribution in [0.4, 0.5) is 19.0 Å². The number of rotatable bonds is 3. The molecule has 0 bridgehead atoms. The molecule has 1 aliphatic heterocycles. The summed E-state index contributed by atoms with van der Waals surface area (Å²) in [5.41, 5.74) is 0.617. The molecule has 1 saturated heterocycles. The van der Waals surface area contributed by atoms with Crippen molar-refractivity contribution in [1.82, 2.24) is 15.3 Å². The van der Waals surface area contributed by atoms with Gasteiger partial charge in [0.05, 0.1) is 17.1 Å². The SMILES string of the molecule is FC(F)(F)c1ccc(-c2nc(NC3CNC3)c3ccccc3n2)cc1. The summed E-state index contributed by atoms with van der Waals surface area (Å²) in [4.78, 5) is 9.05. The Morgan fingerprint density at radius 3 is 2.32 bits per heavy atom. The van der Waals surface area contributed by atoms with Gasteiger partial charge in [0, 0.05) is 24.0 Å². The third-order valence-corrected chi connectivity index (χ3v) is 4.20. The number of para-hydroxylation sites is 1. The number of fused-ring (bicyclic) bond motifs is 1. The van der Waals surface area contributed by atoms with Crippen molar-refractivity contribution >= 4 is 16.7 Å². The molecule has 1 fully saturated rings. The highest BCUT2D eigenvalue weighted by atomic mass is 19.4. The number of benzene rings is 2. The molecule has 0 radical (unpaired) electrons. The highest BCUT2D eigenvalue weighted by Crippen LogP contribution is 2.31. The van der Waals surface area contributed by atoms with Gasteiger partial charge in [-0.15, -0.1) is 0 Å². The van der Waals surface area contributed by atoms with E-state index in [1.165, 1.54) is 12.1 Å². The van der Waals surface area contributed by atoms with E-state index < -0.39 is 11.7 Å². The highest BCUT2D eigenvalue weighted by Gasteiger charge is 2.30. The third-order valence-electron chi connectivity index (χ3n) is 4.20. The maximum Gasteiger partial charge on any atom is 0.416 e. The summed E-state index contributed by atoms with van der Waals surface area (Å²) < 4.78 is 38.2. The lowest BCUT2D eigenvalue weighted by Gasteiger charge is -2.29. The van der Waals surface area contributed by atoms with Gasteiger partial charge in [0.25, 0.3) is 0 Å². The average Bonchev–Trinajstić information content (AvgIpc) is 2.57. The van der Waals surface area contributed by atoms with Crippen molar-refractivity contribution in [2.75, 3.05) is 18.4 Å². The number of halogens is 3. The maximum atomic E-state index is 12.7. The summed E-state index contributed by atoms with van der Waals surface area (Å²) in [6.07, 6.45) is -4.35. The van der Waals surface area contributed by atoms with Crippen LogP contribution < -0.4 is 10.6 Å². The molecule has 0 spiro atoms. The van der Waals surface area contributed by atoms with Crippen LogP contribution in [0.2, 0.25) is 0 Å². The normalized spacial score (nSPS) is 15.2. The largest absolute Gasteiger partial charge is 0.416 e. The van der Waals surface area contributed by atoms with Crippen LogP contribution in [0.5, 0.6) is 0 Å². The highest BCUT2D eigenvalue weighted by molar-refractivity contribution is 5.90. The van der Waals surface area contributed by atoms with Crippen molar-refractivity contribution in [2.24, 2.45) is 0 Å². The van der Waals surface area contributed by atoms with E-state index in [0.717, 1.165) is 36.1 Å². The molecule has 0 aliphatic carbocycles. The zero-order chi connectivity index (χ0) is 17.4. The van der Waals surface area contributed by atoms with Crippen LogP contribution in [-0.4, -0.2) is 29.1 Å². The fourth-order valence-electron chi connectivity index (χ4n) is 2.71. The van der Waals surface area contributed by atoms with Gasteiger partial charge >= 0.3 is 6.18 Å². The lowest BCUT2D eigenvalue weighted by Crippen LogP contribution is -2.51. The molecular formula is C18H15F3N4. The maximum absolute atomic E-state index is 12.7. The first kappa shape index (κ1) is 15.8. The van der Waals surface area contributed by atoms with Crippen LogP contribution in [0.25, 0.3) is 22.3 Å². The first-order chi connectivity index (χ1) is 12.0. The van der Waals surface area contributed by atoms with Gasteiger partial charge in [-0.2, -0.15) is 13.2 Å². The minimum absolute atomic E-state index is 0.291. The second-order valence-corrected chi connectivity index (χ2v) is 5.99. The third kappa shape index (κ3) is 3.15. The van der Waals surface area contributed by atoms with Gasteiger partial charge in [0.2, 0.25) is 0 Å². The van der Waals surface area contributed by atoms with Gasteiger partial charge in [0.1, 0.15) is 5.82 Å². The summed E-state index contributed by atoms with van der Waals surface area (Å²) in [5.74, 6) is 1.11. The minimum Gasteiger partial charge on any atom is -0.364 e. The number of nitrogens with zero attached hydrogens (tertiary/aromatic N) is 2. The number of nitrogens with one attached hydrogen (secondary N) is 2. The van der Waals surface area contributed by atoms with E-state index in [-0.39, 0.29) is 0 Å². The van der Waals surface area contributed by atoms with Crippen molar-refractivity contribution in [3.05, 3.63) is 54.1 Å². The second kappa shape index (κ2) is 6.00. The van der Waals surface area contributed by atoms with Crippen molar-refractivity contribution in [3.8, 4) is 11.4 Å². The Hall–Kier alpha value is -2.67.